The van der Waals surface area contributed by atoms with Gasteiger partial charge in [0.25, 0.3) is 0 Å². The molecule has 0 aromatic heterocycles. The zero-order valence-corrected chi connectivity index (χ0v) is 20.4. The molecule has 2 rings (SSSR count). The summed E-state index contributed by atoms with van der Waals surface area (Å²) in [4.78, 5) is 16.6. The fraction of sp³-hybridized carbons (Fsp3) is 0.304. The molecule has 0 atom stereocenters. The number of ether oxygens (including phenoxy) is 1. The molecule has 9 heteroatoms. The summed E-state index contributed by atoms with van der Waals surface area (Å²) in [7, 11) is 1.63. The normalized spacial score (nSPS) is 11.2. The molecule has 0 saturated carbocycles. The van der Waals surface area contributed by atoms with Crippen molar-refractivity contribution in [3.8, 4) is 5.75 Å². The Hall–Kier alpha value is -2.49. The number of nitrogens with one attached hydrogen (secondary N) is 1. The number of unbranched alkanes of at least 4 members (excludes halogenated alkanes) is 3. The van der Waals surface area contributed by atoms with Gasteiger partial charge >= 0.3 is 0 Å². The minimum atomic E-state index is -0.301. The predicted molar refractivity (Wildman–Crippen MR) is 136 cm³/mol. The number of benzene rings is 2. The quantitative estimate of drug-likeness (QED) is 0.113. The van der Waals surface area contributed by atoms with Crippen LogP contribution in [-0.2, 0) is 4.79 Å². The number of aliphatic hydroxyl groups excluding tert-OH is 1. The van der Waals surface area contributed by atoms with Crippen LogP contribution in [0.3, 0.4) is 0 Å². The lowest BCUT2D eigenvalue weighted by molar-refractivity contribution is -0.111. The van der Waals surface area contributed by atoms with Crippen LogP contribution in [0.25, 0.3) is 0 Å². The summed E-state index contributed by atoms with van der Waals surface area (Å²) in [6, 6.07) is 13.7. The van der Waals surface area contributed by atoms with E-state index in [1.165, 1.54) is 12.3 Å². The van der Waals surface area contributed by atoms with Crippen molar-refractivity contribution in [2.75, 3.05) is 29.9 Å². The van der Waals surface area contributed by atoms with Gasteiger partial charge in [0.15, 0.2) is 0 Å². The molecular weight excluding hydrogens is 492 g/mol. The first kappa shape index (κ1) is 25.8. The minimum Gasteiger partial charge on any atom is -0.496 e. The maximum absolute atomic E-state index is 12.1. The number of amides is 1. The summed E-state index contributed by atoms with van der Waals surface area (Å²) in [5.41, 5.74) is 6.89. The molecule has 0 spiro atoms. The highest BCUT2D eigenvalue weighted by atomic mass is 79.9. The Morgan fingerprint density at radius 1 is 1.22 bits per heavy atom. The molecule has 0 bridgehead atoms. The van der Waals surface area contributed by atoms with Crippen LogP contribution in [-0.4, -0.2) is 37.6 Å². The molecule has 7 nitrogen and oxygen atoms in total. The third-order valence-corrected chi connectivity index (χ3v) is 6.08. The monoisotopic (exact) mass is 520 g/mol. The zero-order chi connectivity index (χ0) is 23.2. The van der Waals surface area contributed by atoms with Crippen molar-refractivity contribution < 1.29 is 14.6 Å². The van der Waals surface area contributed by atoms with Gasteiger partial charge < -0.3 is 25.2 Å². The predicted octanol–water partition coefficient (Wildman–Crippen LogP) is 4.96. The number of hydrogen-bond donors (Lipinski definition) is 3. The molecule has 0 aliphatic carbocycles. The van der Waals surface area contributed by atoms with Crippen LogP contribution in [0.1, 0.15) is 25.7 Å². The highest BCUT2D eigenvalue weighted by Crippen LogP contribution is 2.37. The molecule has 32 heavy (non-hydrogen) atoms. The maximum atomic E-state index is 12.1. The number of rotatable bonds is 13. The van der Waals surface area contributed by atoms with E-state index in [0.717, 1.165) is 59.4 Å². The Bertz CT molecular complexity index is 907. The second-order valence-electron chi connectivity index (χ2n) is 6.78. The van der Waals surface area contributed by atoms with Gasteiger partial charge in [-0.3, -0.25) is 4.79 Å². The Labute approximate surface area is 202 Å². The van der Waals surface area contributed by atoms with Crippen LogP contribution in [0.2, 0.25) is 0 Å². The van der Waals surface area contributed by atoms with E-state index < -0.39 is 0 Å². The highest BCUT2D eigenvalue weighted by molar-refractivity contribution is 9.10. The van der Waals surface area contributed by atoms with Crippen molar-refractivity contribution in [2.24, 2.45) is 10.7 Å². The Morgan fingerprint density at radius 3 is 2.66 bits per heavy atom. The summed E-state index contributed by atoms with van der Waals surface area (Å²) in [5.74, 6) is 0.420. The number of carbonyl (C=O) groups is 1. The van der Waals surface area contributed by atoms with Crippen molar-refractivity contribution in [1.29, 1.82) is 0 Å². The third kappa shape index (κ3) is 8.94. The average molecular weight is 521 g/mol. The summed E-state index contributed by atoms with van der Waals surface area (Å²) in [5, 5.41) is 11.8. The van der Waals surface area contributed by atoms with Gasteiger partial charge in [0, 0.05) is 41.3 Å². The summed E-state index contributed by atoms with van der Waals surface area (Å²) in [6.45, 7) is 1.06. The van der Waals surface area contributed by atoms with Crippen molar-refractivity contribution >= 4 is 51.5 Å². The lowest BCUT2D eigenvalue weighted by Gasteiger charge is -2.24. The van der Waals surface area contributed by atoms with E-state index in [-0.39, 0.29) is 12.5 Å². The Kier molecular flexibility index (Phi) is 11.7. The summed E-state index contributed by atoms with van der Waals surface area (Å²) in [6.07, 6.45) is 7.62. The van der Waals surface area contributed by atoms with Crippen LogP contribution >= 0.6 is 27.9 Å². The first-order valence-corrected chi connectivity index (χ1v) is 11.8. The summed E-state index contributed by atoms with van der Waals surface area (Å²) < 4.78 is 8.79. The second-order valence-corrected chi connectivity index (χ2v) is 8.76. The summed E-state index contributed by atoms with van der Waals surface area (Å²) >= 11 is 5.05. The molecule has 0 aliphatic rings. The number of nitrogens with zero attached hydrogens (tertiary/aromatic N) is 2. The number of aliphatic imine (C=N–C) groups is 1. The number of anilines is 2. The van der Waals surface area contributed by atoms with Gasteiger partial charge in [0.05, 0.1) is 18.3 Å². The van der Waals surface area contributed by atoms with Crippen molar-refractivity contribution in [3.63, 3.8) is 0 Å². The van der Waals surface area contributed by atoms with Gasteiger partial charge in [0.1, 0.15) is 5.75 Å². The number of halogens is 1. The van der Waals surface area contributed by atoms with Crippen LogP contribution in [0, 0.1) is 0 Å². The molecule has 4 N–H and O–H groups in total. The number of methoxy groups -OCH3 is 1. The van der Waals surface area contributed by atoms with E-state index in [1.54, 1.807) is 25.1 Å². The molecule has 172 valence electrons. The van der Waals surface area contributed by atoms with Crippen molar-refractivity contribution in [1.82, 2.24) is 0 Å². The zero-order valence-electron chi connectivity index (χ0n) is 18.0. The highest BCUT2D eigenvalue weighted by Gasteiger charge is 2.14. The van der Waals surface area contributed by atoms with Gasteiger partial charge in [0.2, 0.25) is 5.91 Å². The van der Waals surface area contributed by atoms with E-state index >= 15 is 0 Å². The third-order valence-electron chi connectivity index (χ3n) is 4.42. The van der Waals surface area contributed by atoms with E-state index in [9.17, 15) is 4.79 Å². The first-order chi connectivity index (χ1) is 15.6. The number of aliphatic hydroxyl groups is 1. The lowest BCUT2D eigenvalue weighted by atomic mass is 10.2. The molecule has 0 heterocycles. The Balaban J connectivity index is 2.19. The fourth-order valence-electron chi connectivity index (χ4n) is 2.84. The Morgan fingerprint density at radius 2 is 1.97 bits per heavy atom. The molecule has 1 amide bonds. The second kappa shape index (κ2) is 14.5. The van der Waals surface area contributed by atoms with Gasteiger partial charge in [-0.25, -0.2) is 4.99 Å². The molecule has 0 unspecified atom stereocenters. The minimum absolute atomic E-state index is 0.231. The smallest absolute Gasteiger partial charge is 0.249 e. The molecule has 0 aliphatic heterocycles. The number of nitrogens with two attached hydrogens (primary N) is 1. The molecular formula is C23H29BrN4O3S. The van der Waals surface area contributed by atoms with E-state index in [2.05, 4.69) is 42.7 Å². The average Bonchev–Trinajstić information content (AvgIpc) is 2.79. The van der Waals surface area contributed by atoms with Crippen molar-refractivity contribution in [3.05, 3.63) is 59.2 Å². The first-order valence-electron chi connectivity index (χ1n) is 10.3. The van der Waals surface area contributed by atoms with Gasteiger partial charge in [-0.2, -0.15) is 0 Å². The van der Waals surface area contributed by atoms with Gasteiger partial charge in [-0.15, -0.1) is 0 Å². The maximum Gasteiger partial charge on any atom is 0.249 e. The molecule has 2 aromatic rings. The lowest BCUT2D eigenvalue weighted by Crippen LogP contribution is -2.16. The SMILES string of the molecule is COc1ccc(NC(=O)/C=C/N=C\N)cc1SN(CCCCCCO)c1ccc(Br)cc1. The van der Waals surface area contributed by atoms with E-state index in [4.69, 9.17) is 15.6 Å². The van der Waals surface area contributed by atoms with Gasteiger partial charge in [-0.05, 0) is 67.3 Å². The van der Waals surface area contributed by atoms with Crippen LogP contribution in [0.15, 0.2) is 69.1 Å². The van der Waals surface area contributed by atoms with Crippen molar-refractivity contribution in [2.45, 2.75) is 30.6 Å². The largest absolute Gasteiger partial charge is 0.496 e. The molecule has 0 saturated heterocycles. The topological polar surface area (TPSA) is 100 Å². The van der Waals surface area contributed by atoms with Crippen LogP contribution < -0.4 is 20.1 Å². The van der Waals surface area contributed by atoms with Crippen LogP contribution in [0.4, 0.5) is 11.4 Å². The molecule has 2 aromatic carbocycles. The fourth-order valence-corrected chi connectivity index (χ4v) is 4.21. The molecule has 0 radical (unpaired) electrons. The van der Waals surface area contributed by atoms with Crippen LogP contribution in [0.5, 0.6) is 5.75 Å². The van der Waals surface area contributed by atoms with E-state index in [1.807, 2.05) is 24.3 Å². The number of hydrogen-bond acceptors (Lipinski definition) is 6. The van der Waals surface area contributed by atoms with E-state index in [0.29, 0.717) is 5.69 Å². The molecule has 0 fully saturated rings. The standard InChI is InChI=1S/C23H29BrN4O3S/c1-31-21-11-8-19(27-23(30)12-13-26-17-25)16-22(21)32-28(14-4-2-3-5-15-29)20-9-6-18(24)7-10-20/h6-13,16-17,29H,2-5,14-15H2,1H3,(H2,25,26)(H,27,30)/b13-12+. The van der Waals surface area contributed by atoms with Gasteiger partial charge in [-0.1, -0.05) is 28.8 Å². The number of carbonyl (C=O) groups excluding carboxylic acids is 1.